The lowest BCUT2D eigenvalue weighted by atomic mass is 10.2. The molecule has 1 unspecified atom stereocenters. The second-order valence-electron chi connectivity index (χ2n) is 5.76. The largest absolute Gasteiger partial charge is 0.365 e. The third kappa shape index (κ3) is 4.71. The lowest BCUT2D eigenvalue weighted by Gasteiger charge is -2.32. The second-order valence-corrected chi connectivity index (χ2v) is 6.19. The standard InChI is InChI=1S/C18H17ClFN3O3/c19-12-1-5-14(6-2-12)22-18(25)21-9-16-10-23(17(24)11-26-16)15-7-3-13(20)4-8-15/h1-8,16H,9-11H2,(H2,21,22,25). The van der Waals surface area contributed by atoms with Crippen LogP contribution in [0.4, 0.5) is 20.6 Å². The summed E-state index contributed by atoms with van der Waals surface area (Å²) in [7, 11) is 0. The Labute approximate surface area is 154 Å². The molecule has 0 aliphatic carbocycles. The highest BCUT2D eigenvalue weighted by atomic mass is 35.5. The molecule has 2 N–H and O–H groups in total. The molecule has 26 heavy (non-hydrogen) atoms. The highest BCUT2D eigenvalue weighted by Gasteiger charge is 2.27. The van der Waals surface area contributed by atoms with E-state index in [4.69, 9.17) is 16.3 Å². The number of benzene rings is 2. The number of halogens is 2. The molecule has 1 aliphatic heterocycles. The quantitative estimate of drug-likeness (QED) is 0.860. The molecule has 0 aromatic heterocycles. The molecule has 2 aromatic carbocycles. The van der Waals surface area contributed by atoms with Gasteiger partial charge in [-0.05, 0) is 48.5 Å². The van der Waals surface area contributed by atoms with Crippen LogP contribution in [0, 0.1) is 5.82 Å². The number of carbonyl (C=O) groups excluding carboxylic acids is 2. The highest BCUT2D eigenvalue weighted by molar-refractivity contribution is 6.30. The number of nitrogens with one attached hydrogen (secondary N) is 2. The summed E-state index contributed by atoms with van der Waals surface area (Å²) in [4.78, 5) is 25.5. The monoisotopic (exact) mass is 377 g/mol. The Kier molecular flexibility index (Phi) is 5.70. The van der Waals surface area contributed by atoms with Gasteiger partial charge < -0.3 is 20.3 Å². The molecule has 0 bridgehead atoms. The first kappa shape index (κ1) is 18.2. The summed E-state index contributed by atoms with van der Waals surface area (Å²) in [5.74, 6) is -0.579. The molecule has 8 heteroatoms. The highest BCUT2D eigenvalue weighted by Crippen LogP contribution is 2.19. The Morgan fingerprint density at radius 1 is 1.19 bits per heavy atom. The van der Waals surface area contributed by atoms with Gasteiger partial charge in [0.15, 0.2) is 0 Å². The number of ether oxygens (including phenoxy) is 1. The maximum Gasteiger partial charge on any atom is 0.319 e. The number of morpholine rings is 1. The summed E-state index contributed by atoms with van der Waals surface area (Å²) in [5.41, 5.74) is 1.20. The summed E-state index contributed by atoms with van der Waals surface area (Å²) < 4.78 is 18.5. The normalized spacial score (nSPS) is 17.1. The number of hydrogen-bond acceptors (Lipinski definition) is 3. The first-order chi connectivity index (χ1) is 12.5. The summed E-state index contributed by atoms with van der Waals surface area (Å²) in [5, 5.41) is 5.97. The van der Waals surface area contributed by atoms with Crippen LogP contribution in [0.15, 0.2) is 48.5 Å². The van der Waals surface area contributed by atoms with Crippen molar-refractivity contribution in [3.63, 3.8) is 0 Å². The number of urea groups is 1. The Hall–Kier alpha value is -2.64. The Morgan fingerprint density at radius 2 is 1.88 bits per heavy atom. The van der Waals surface area contributed by atoms with Crippen molar-refractivity contribution in [2.45, 2.75) is 6.10 Å². The van der Waals surface area contributed by atoms with E-state index in [-0.39, 0.29) is 43.6 Å². The molecule has 2 aromatic rings. The SMILES string of the molecule is O=C(NCC1CN(c2ccc(F)cc2)C(=O)CO1)Nc1ccc(Cl)cc1. The molecule has 1 saturated heterocycles. The summed E-state index contributed by atoms with van der Waals surface area (Å²) in [6, 6.07) is 12.0. The molecule has 6 nitrogen and oxygen atoms in total. The lowest BCUT2D eigenvalue weighted by Crippen LogP contribution is -2.51. The van der Waals surface area contributed by atoms with Crippen LogP contribution in [0.3, 0.4) is 0 Å². The molecular weight excluding hydrogens is 361 g/mol. The minimum atomic E-state index is -0.388. The molecule has 3 amide bonds. The maximum atomic E-state index is 13.0. The third-order valence-electron chi connectivity index (χ3n) is 3.86. The van der Waals surface area contributed by atoms with Gasteiger partial charge in [0.25, 0.3) is 5.91 Å². The van der Waals surface area contributed by atoms with Gasteiger partial charge in [-0.15, -0.1) is 0 Å². The van der Waals surface area contributed by atoms with Crippen molar-refractivity contribution < 1.29 is 18.7 Å². The molecule has 1 atom stereocenters. The van der Waals surface area contributed by atoms with Crippen molar-refractivity contribution in [2.24, 2.45) is 0 Å². The molecule has 1 heterocycles. The van der Waals surface area contributed by atoms with Gasteiger partial charge in [0.2, 0.25) is 0 Å². The van der Waals surface area contributed by atoms with E-state index < -0.39 is 0 Å². The molecule has 0 radical (unpaired) electrons. The van der Waals surface area contributed by atoms with E-state index in [1.807, 2.05) is 0 Å². The minimum absolute atomic E-state index is 0.0947. The van der Waals surface area contributed by atoms with Gasteiger partial charge in [0.1, 0.15) is 12.4 Å². The minimum Gasteiger partial charge on any atom is -0.365 e. The maximum absolute atomic E-state index is 13.0. The lowest BCUT2D eigenvalue weighted by molar-refractivity contribution is -0.129. The summed E-state index contributed by atoms with van der Waals surface area (Å²) >= 11 is 5.80. The third-order valence-corrected chi connectivity index (χ3v) is 4.11. The molecule has 0 saturated carbocycles. The van der Waals surface area contributed by atoms with Crippen molar-refractivity contribution in [3.8, 4) is 0 Å². The Bertz CT molecular complexity index is 783. The van der Waals surface area contributed by atoms with Crippen molar-refractivity contribution >= 4 is 34.9 Å². The van der Waals surface area contributed by atoms with E-state index >= 15 is 0 Å². The van der Waals surface area contributed by atoms with E-state index in [9.17, 15) is 14.0 Å². The number of carbonyl (C=O) groups is 2. The Balaban J connectivity index is 1.53. The van der Waals surface area contributed by atoms with Crippen LogP contribution in [-0.2, 0) is 9.53 Å². The van der Waals surface area contributed by atoms with Crippen molar-refractivity contribution in [1.82, 2.24) is 5.32 Å². The predicted molar refractivity (Wildman–Crippen MR) is 97.0 cm³/mol. The van der Waals surface area contributed by atoms with E-state index in [2.05, 4.69) is 10.6 Å². The Morgan fingerprint density at radius 3 is 2.58 bits per heavy atom. The van der Waals surface area contributed by atoms with E-state index in [0.29, 0.717) is 16.4 Å². The number of rotatable bonds is 4. The second kappa shape index (κ2) is 8.16. The van der Waals surface area contributed by atoms with Gasteiger partial charge in [-0.2, -0.15) is 0 Å². The van der Waals surface area contributed by atoms with Crippen LogP contribution >= 0.6 is 11.6 Å². The zero-order valence-electron chi connectivity index (χ0n) is 13.7. The molecule has 136 valence electrons. The average molecular weight is 378 g/mol. The van der Waals surface area contributed by atoms with Crippen molar-refractivity contribution in [1.29, 1.82) is 0 Å². The number of hydrogen-bond donors (Lipinski definition) is 2. The van der Waals surface area contributed by atoms with Gasteiger partial charge in [-0.25, -0.2) is 9.18 Å². The zero-order chi connectivity index (χ0) is 18.5. The van der Waals surface area contributed by atoms with E-state index in [1.54, 1.807) is 24.3 Å². The van der Waals surface area contributed by atoms with Crippen LogP contribution < -0.4 is 15.5 Å². The van der Waals surface area contributed by atoms with Gasteiger partial charge in [0, 0.05) is 22.9 Å². The van der Waals surface area contributed by atoms with Crippen LogP contribution in [0.2, 0.25) is 5.02 Å². The number of amides is 3. The fraction of sp³-hybridized carbons (Fsp3) is 0.222. The summed E-state index contributed by atoms with van der Waals surface area (Å²) in [6.45, 7) is 0.401. The van der Waals surface area contributed by atoms with Gasteiger partial charge in [-0.3, -0.25) is 4.79 Å². The van der Waals surface area contributed by atoms with E-state index in [1.165, 1.54) is 29.2 Å². The van der Waals surface area contributed by atoms with Gasteiger partial charge >= 0.3 is 6.03 Å². The first-order valence-corrected chi connectivity index (χ1v) is 8.37. The number of nitrogens with zero attached hydrogens (tertiary/aromatic N) is 1. The first-order valence-electron chi connectivity index (χ1n) is 7.99. The van der Waals surface area contributed by atoms with Crippen LogP contribution in [0.1, 0.15) is 0 Å². The summed E-state index contributed by atoms with van der Waals surface area (Å²) in [6.07, 6.45) is -0.367. The molecular formula is C18H17ClFN3O3. The van der Waals surface area contributed by atoms with Crippen molar-refractivity contribution in [2.75, 3.05) is 29.9 Å². The van der Waals surface area contributed by atoms with Gasteiger partial charge in [-0.1, -0.05) is 11.6 Å². The molecule has 3 rings (SSSR count). The smallest absolute Gasteiger partial charge is 0.319 e. The number of anilines is 2. The van der Waals surface area contributed by atoms with Crippen LogP contribution in [0.5, 0.6) is 0 Å². The van der Waals surface area contributed by atoms with E-state index in [0.717, 1.165) is 0 Å². The predicted octanol–water partition coefficient (Wildman–Crippen LogP) is 3.03. The van der Waals surface area contributed by atoms with Crippen molar-refractivity contribution in [3.05, 3.63) is 59.4 Å². The molecule has 1 fully saturated rings. The van der Waals surface area contributed by atoms with Crippen LogP contribution in [-0.4, -0.2) is 37.7 Å². The average Bonchev–Trinajstić information content (AvgIpc) is 2.64. The molecule has 1 aliphatic rings. The topological polar surface area (TPSA) is 70.7 Å². The van der Waals surface area contributed by atoms with Crippen LogP contribution in [0.25, 0.3) is 0 Å². The fourth-order valence-electron chi connectivity index (χ4n) is 2.53. The zero-order valence-corrected chi connectivity index (χ0v) is 14.5. The van der Waals surface area contributed by atoms with Gasteiger partial charge in [0.05, 0.1) is 12.6 Å². The fourth-order valence-corrected chi connectivity index (χ4v) is 2.66. The molecule has 0 spiro atoms.